The molecule has 2 heterocycles. The fourth-order valence-corrected chi connectivity index (χ4v) is 3.74. The highest BCUT2D eigenvalue weighted by Gasteiger charge is 2.39. The van der Waals surface area contributed by atoms with Crippen LogP contribution in [0.1, 0.15) is 29.0 Å². The minimum absolute atomic E-state index is 0.00877. The maximum absolute atomic E-state index is 12.9. The minimum Gasteiger partial charge on any atom is -0.327 e. The minimum atomic E-state index is -0.480. The van der Waals surface area contributed by atoms with E-state index < -0.39 is 6.04 Å². The molecule has 5 heteroatoms. The lowest BCUT2D eigenvalue weighted by atomic mass is 10.1. The van der Waals surface area contributed by atoms with Gasteiger partial charge in [0.25, 0.3) is 5.91 Å². The summed E-state index contributed by atoms with van der Waals surface area (Å²) in [5.41, 5.74) is 2.23. The SMILES string of the molecule is CCN1C(=O)CN(Cc2ccc(C)cc2)C(=O)C1c1cccs1. The summed E-state index contributed by atoms with van der Waals surface area (Å²) in [5, 5.41) is 1.94. The molecule has 4 nitrogen and oxygen atoms in total. The molecule has 2 aromatic rings. The number of carbonyl (C=O) groups is 2. The topological polar surface area (TPSA) is 40.6 Å². The van der Waals surface area contributed by atoms with E-state index in [1.807, 2.05) is 55.6 Å². The number of hydrogen-bond donors (Lipinski definition) is 0. The molecule has 0 radical (unpaired) electrons. The zero-order chi connectivity index (χ0) is 16.4. The first-order chi connectivity index (χ1) is 11.1. The van der Waals surface area contributed by atoms with Gasteiger partial charge in [0, 0.05) is 18.0 Å². The van der Waals surface area contributed by atoms with Crippen molar-refractivity contribution >= 4 is 23.2 Å². The Kier molecular flexibility index (Phi) is 4.48. The molecule has 23 heavy (non-hydrogen) atoms. The summed E-state index contributed by atoms with van der Waals surface area (Å²) in [6.07, 6.45) is 0. The maximum Gasteiger partial charge on any atom is 0.251 e. The average molecular weight is 328 g/mol. The molecule has 120 valence electrons. The maximum atomic E-state index is 12.9. The summed E-state index contributed by atoms with van der Waals surface area (Å²) in [4.78, 5) is 29.7. The van der Waals surface area contributed by atoms with E-state index in [1.54, 1.807) is 9.80 Å². The smallest absolute Gasteiger partial charge is 0.251 e. The molecule has 1 aliphatic heterocycles. The highest BCUT2D eigenvalue weighted by atomic mass is 32.1. The fourth-order valence-electron chi connectivity index (χ4n) is 2.91. The van der Waals surface area contributed by atoms with Crippen LogP contribution in [-0.2, 0) is 16.1 Å². The van der Waals surface area contributed by atoms with Gasteiger partial charge in [-0.3, -0.25) is 9.59 Å². The van der Waals surface area contributed by atoms with Crippen LogP contribution in [0.5, 0.6) is 0 Å². The zero-order valence-corrected chi connectivity index (χ0v) is 14.2. The first-order valence-corrected chi connectivity index (χ1v) is 8.65. The van der Waals surface area contributed by atoms with Gasteiger partial charge in [-0.25, -0.2) is 0 Å². The summed E-state index contributed by atoms with van der Waals surface area (Å²) in [5.74, 6) is 0.0205. The van der Waals surface area contributed by atoms with Crippen molar-refractivity contribution in [3.63, 3.8) is 0 Å². The Morgan fingerprint density at radius 1 is 1.17 bits per heavy atom. The summed E-state index contributed by atoms with van der Waals surface area (Å²) in [7, 11) is 0. The van der Waals surface area contributed by atoms with E-state index >= 15 is 0 Å². The molecule has 1 atom stereocenters. The van der Waals surface area contributed by atoms with Crippen LogP contribution in [0, 0.1) is 6.92 Å². The third-order valence-electron chi connectivity index (χ3n) is 4.15. The monoisotopic (exact) mass is 328 g/mol. The number of aryl methyl sites for hydroxylation is 1. The van der Waals surface area contributed by atoms with Gasteiger partial charge in [0.15, 0.2) is 0 Å². The third kappa shape index (κ3) is 3.15. The van der Waals surface area contributed by atoms with Crippen molar-refractivity contribution in [3.8, 4) is 0 Å². The Hall–Kier alpha value is -2.14. The molecule has 0 N–H and O–H groups in total. The first kappa shape index (κ1) is 15.7. The Morgan fingerprint density at radius 2 is 1.91 bits per heavy atom. The van der Waals surface area contributed by atoms with Crippen LogP contribution in [0.25, 0.3) is 0 Å². The highest BCUT2D eigenvalue weighted by molar-refractivity contribution is 7.10. The molecule has 1 fully saturated rings. The van der Waals surface area contributed by atoms with E-state index in [9.17, 15) is 9.59 Å². The number of likely N-dealkylation sites (N-methyl/N-ethyl adjacent to an activating group) is 1. The Labute approximate surface area is 140 Å². The third-order valence-corrected chi connectivity index (χ3v) is 5.08. The molecule has 1 aromatic carbocycles. The van der Waals surface area contributed by atoms with E-state index in [-0.39, 0.29) is 18.4 Å². The van der Waals surface area contributed by atoms with Gasteiger partial charge in [-0.05, 0) is 30.9 Å². The molecular weight excluding hydrogens is 308 g/mol. The Balaban J connectivity index is 1.86. The summed E-state index contributed by atoms with van der Waals surface area (Å²) in [6.45, 7) is 5.13. The van der Waals surface area contributed by atoms with E-state index in [2.05, 4.69) is 0 Å². The summed E-state index contributed by atoms with van der Waals surface area (Å²) in [6, 6.07) is 11.5. The number of rotatable bonds is 4. The van der Waals surface area contributed by atoms with Gasteiger partial charge in [-0.15, -0.1) is 11.3 Å². The van der Waals surface area contributed by atoms with Gasteiger partial charge < -0.3 is 9.80 Å². The van der Waals surface area contributed by atoms with Crippen LogP contribution < -0.4 is 0 Å². The standard InChI is InChI=1S/C18H20N2O2S/c1-3-20-16(21)12-19(11-14-8-6-13(2)7-9-14)18(22)17(20)15-5-4-10-23-15/h4-10,17H,3,11-12H2,1-2H3. The molecule has 1 aliphatic rings. The van der Waals surface area contributed by atoms with E-state index in [1.165, 1.54) is 16.9 Å². The summed E-state index contributed by atoms with van der Waals surface area (Å²) >= 11 is 1.52. The van der Waals surface area contributed by atoms with Gasteiger partial charge in [-0.2, -0.15) is 0 Å². The number of hydrogen-bond acceptors (Lipinski definition) is 3. The molecule has 1 unspecified atom stereocenters. The van der Waals surface area contributed by atoms with Gasteiger partial charge >= 0.3 is 0 Å². The molecule has 0 saturated carbocycles. The van der Waals surface area contributed by atoms with Crippen molar-refractivity contribution in [2.75, 3.05) is 13.1 Å². The van der Waals surface area contributed by atoms with Crippen molar-refractivity contribution in [2.45, 2.75) is 26.4 Å². The quantitative estimate of drug-likeness (QED) is 0.866. The number of nitrogens with zero attached hydrogens (tertiary/aromatic N) is 2. The fraction of sp³-hybridized carbons (Fsp3) is 0.333. The lowest BCUT2D eigenvalue weighted by Gasteiger charge is -2.39. The summed E-state index contributed by atoms with van der Waals surface area (Å²) < 4.78 is 0. The largest absolute Gasteiger partial charge is 0.327 e. The number of carbonyl (C=O) groups excluding carboxylic acids is 2. The second-order valence-corrected chi connectivity index (χ2v) is 6.76. The van der Waals surface area contributed by atoms with E-state index in [0.29, 0.717) is 13.1 Å². The van der Waals surface area contributed by atoms with Crippen LogP contribution in [-0.4, -0.2) is 34.7 Å². The van der Waals surface area contributed by atoms with Crippen LogP contribution >= 0.6 is 11.3 Å². The molecule has 0 spiro atoms. The molecule has 2 amide bonds. The van der Waals surface area contributed by atoms with Crippen LogP contribution in [0.2, 0.25) is 0 Å². The van der Waals surface area contributed by atoms with Gasteiger partial charge in [0.2, 0.25) is 5.91 Å². The highest BCUT2D eigenvalue weighted by Crippen LogP contribution is 2.31. The molecular formula is C18H20N2O2S. The normalized spacial score (nSPS) is 18.6. The number of benzene rings is 1. The second kappa shape index (κ2) is 6.54. The molecule has 1 aromatic heterocycles. The van der Waals surface area contributed by atoms with Crippen molar-refractivity contribution in [1.29, 1.82) is 0 Å². The molecule has 3 rings (SSSR count). The average Bonchev–Trinajstić information content (AvgIpc) is 3.06. The van der Waals surface area contributed by atoms with Gasteiger partial charge in [0.05, 0.1) is 0 Å². The first-order valence-electron chi connectivity index (χ1n) is 7.77. The predicted octanol–water partition coefficient (Wildman–Crippen LogP) is 2.99. The number of piperazine rings is 1. The van der Waals surface area contributed by atoms with Crippen molar-refractivity contribution < 1.29 is 9.59 Å². The van der Waals surface area contributed by atoms with Crippen molar-refractivity contribution in [1.82, 2.24) is 9.80 Å². The van der Waals surface area contributed by atoms with Gasteiger partial charge in [-0.1, -0.05) is 35.9 Å². The van der Waals surface area contributed by atoms with Crippen LogP contribution in [0.15, 0.2) is 41.8 Å². The van der Waals surface area contributed by atoms with Crippen molar-refractivity contribution in [3.05, 3.63) is 57.8 Å². The van der Waals surface area contributed by atoms with Gasteiger partial charge in [0.1, 0.15) is 12.6 Å². The zero-order valence-electron chi connectivity index (χ0n) is 13.4. The molecule has 0 bridgehead atoms. The molecule has 1 saturated heterocycles. The van der Waals surface area contributed by atoms with Crippen LogP contribution in [0.4, 0.5) is 0 Å². The number of thiophene rings is 1. The Morgan fingerprint density at radius 3 is 2.52 bits per heavy atom. The van der Waals surface area contributed by atoms with Crippen molar-refractivity contribution in [2.24, 2.45) is 0 Å². The lowest BCUT2D eigenvalue weighted by Crippen LogP contribution is -2.54. The predicted molar refractivity (Wildman–Crippen MR) is 91.0 cm³/mol. The van der Waals surface area contributed by atoms with E-state index in [0.717, 1.165) is 10.4 Å². The Bertz CT molecular complexity index is 694. The number of amides is 2. The van der Waals surface area contributed by atoms with Crippen LogP contribution in [0.3, 0.4) is 0 Å². The molecule has 0 aliphatic carbocycles. The second-order valence-electron chi connectivity index (χ2n) is 5.78. The lowest BCUT2D eigenvalue weighted by molar-refractivity contribution is -0.156. The van der Waals surface area contributed by atoms with E-state index in [4.69, 9.17) is 0 Å².